The van der Waals surface area contributed by atoms with E-state index in [1.165, 1.54) is 6.07 Å². The van der Waals surface area contributed by atoms with E-state index in [1.807, 2.05) is 4.72 Å². The Bertz CT molecular complexity index is 880. The molecule has 0 radical (unpaired) electrons. The first-order valence-electron chi connectivity index (χ1n) is 7.16. The number of benzene rings is 1. The number of hydrogen-bond donors (Lipinski definition) is 1. The quantitative estimate of drug-likeness (QED) is 0.727. The van der Waals surface area contributed by atoms with Crippen LogP contribution in [0.5, 0.6) is 0 Å². The highest BCUT2D eigenvalue weighted by Crippen LogP contribution is 2.30. The van der Waals surface area contributed by atoms with Crippen LogP contribution in [0.1, 0.15) is 11.1 Å². The minimum Gasteiger partial charge on any atom is -0.367 e. The fraction of sp³-hybridized carbons (Fsp3) is 0.267. The maximum absolute atomic E-state index is 12.7. The highest BCUT2D eigenvalue weighted by Gasteiger charge is 2.31. The second-order valence-corrected chi connectivity index (χ2v) is 6.97. The number of alkyl halides is 6. The Balaban J connectivity index is 2.08. The van der Waals surface area contributed by atoms with Gasteiger partial charge >= 0.3 is 12.4 Å². The van der Waals surface area contributed by atoms with Gasteiger partial charge in [-0.05, 0) is 29.8 Å². The predicted octanol–water partition coefficient (Wildman–Crippen LogP) is 3.98. The molecule has 0 fully saturated rings. The molecule has 0 amide bonds. The summed E-state index contributed by atoms with van der Waals surface area (Å²) in [7, 11) is -4.34. The van der Waals surface area contributed by atoms with Gasteiger partial charge in [-0.1, -0.05) is 12.1 Å². The molecule has 0 unspecified atom stereocenters. The predicted molar refractivity (Wildman–Crippen MR) is 82.2 cm³/mol. The average molecular weight is 414 g/mol. The first-order valence-corrected chi connectivity index (χ1v) is 8.65. The Morgan fingerprint density at radius 3 is 2.30 bits per heavy atom. The third-order valence-corrected chi connectivity index (χ3v) is 4.42. The third-order valence-electron chi connectivity index (χ3n) is 3.07. The molecule has 5 nitrogen and oxygen atoms in total. The molecule has 27 heavy (non-hydrogen) atoms. The smallest absolute Gasteiger partial charge is 0.367 e. The Labute approximate surface area is 150 Å². The number of sulfonamides is 1. The fourth-order valence-electron chi connectivity index (χ4n) is 1.89. The maximum Gasteiger partial charge on any atom is 0.416 e. The van der Waals surface area contributed by atoms with Crippen molar-refractivity contribution in [3.05, 3.63) is 53.7 Å². The van der Waals surface area contributed by atoms with Gasteiger partial charge < -0.3 is 4.74 Å². The lowest BCUT2D eigenvalue weighted by molar-refractivity contribution is -0.176. The van der Waals surface area contributed by atoms with Crippen molar-refractivity contribution in [3.8, 4) is 0 Å². The van der Waals surface area contributed by atoms with Crippen LogP contribution in [0, 0.1) is 0 Å². The number of nitrogens with one attached hydrogen (secondary N) is 1. The van der Waals surface area contributed by atoms with Crippen LogP contribution in [0.15, 0.2) is 47.5 Å². The minimum atomic E-state index is -4.71. The van der Waals surface area contributed by atoms with Gasteiger partial charge in [0.15, 0.2) is 0 Å². The Kier molecular flexibility index (Phi) is 6.00. The monoisotopic (exact) mass is 414 g/mol. The molecule has 0 saturated carbocycles. The van der Waals surface area contributed by atoms with Crippen molar-refractivity contribution in [1.29, 1.82) is 0 Å². The molecule has 0 atom stereocenters. The van der Waals surface area contributed by atoms with Gasteiger partial charge in [-0.15, -0.1) is 0 Å². The SMILES string of the molecule is O=S(=O)(Nc1ccc(COCC(F)(F)F)cn1)c1cccc(C(F)(F)F)c1. The zero-order valence-corrected chi connectivity index (χ0v) is 14.1. The van der Waals surface area contributed by atoms with E-state index in [1.54, 1.807) is 0 Å². The zero-order chi connectivity index (χ0) is 20.3. The van der Waals surface area contributed by atoms with Crippen LogP contribution in [-0.2, 0) is 27.5 Å². The van der Waals surface area contributed by atoms with Crippen LogP contribution in [0.25, 0.3) is 0 Å². The van der Waals surface area contributed by atoms with Crippen molar-refractivity contribution >= 4 is 15.8 Å². The zero-order valence-electron chi connectivity index (χ0n) is 13.3. The highest BCUT2D eigenvalue weighted by atomic mass is 32.2. The van der Waals surface area contributed by atoms with Crippen LogP contribution in [0.3, 0.4) is 0 Å². The summed E-state index contributed by atoms with van der Waals surface area (Å²) in [5, 5.41) is 0. The number of hydrogen-bond acceptors (Lipinski definition) is 4. The van der Waals surface area contributed by atoms with Gasteiger partial charge in [0, 0.05) is 6.20 Å². The normalized spacial score (nSPS) is 12.8. The fourth-order valence-corrected chi connectivity index (χ4v) is 2.94. The van der Waals surface area contributed by atoms with E-state index < -0.39 is 46.0 Å². The molecule has 0 aliphatic carbocycles. The molecular formula is C15H12F6N2O3S. The first-order chi connectivity index (χ1) is 12.4. The van der Waals surface area contributed by atoms with E-state index in [9.17, 15) is 34.8 Å². The molecule has 0 bridgehead atoms. The summed E-state index contributed by atoms with van der Waals surface area (Å²) < 4.78 is 105. The number of nitrogens with zero attached hydrogens (tertiary/aromatic N) is 1. The van der Waals surface area contributed by atoms with Gasteiger partial charge in [0.2, 0.25) is 0 Å². The number of anilines is 1. The van der Waals surface area contributed by atoms with Crippen LogP contribution in [0.2, 0.25) is 0 Å². The number of halogens is 6. The number of aromatic nitrogens is 1. The summed E-state index contributed by atoms with van der Waals surface area (Å²) in [4.78, 5) is 3.09. The van der Waals surface area contributed by atoms with Gasteiger partial charge in [0.05, 0.1) is 17.1 Å². The van der Waals surface area contributed by atoms with E-state index in [0.717, 1.165) is 30.5 Å². The molecule has 1 heterocycles. The Hall–Kier alpha value is -2.34. The molecular weight excluding hydrogens is 402 g/mol. The number of pyridine rings is 1. The van der Waals surface area contributed by atoms with Gasteiger partial charge in [-0.3, -0.25) is 4.72 Å². The topological polar surface area (TPSA) is 68.3 Å². The molecule has 1 N–H and O–H groups in total. The van der Waals surface area contributed by atoms with Gasteiger partial charge in [-0.2, -0.15) is 26.3 Å². The average Bonchev–Trinajstić information content (AvgIpc) is 2.54. The second-order valence-electron chi connectivity index (χ2n) is 5.29. The molecule has 0 aliphatic rings. The van der Waals surface area contributed by atoms with E-state index in [4.69, 9.17) is 0 Å². The van der Waals surface area contributed by atoms with Crippen LogP contribution in [0.4, 0.5) is 32.2 Å². The molecule has 2 rings (SSSR count). The minimum absolute atomic E-state index is 0.216. The largest absolute Gasteiger partial charge is 0.416 e. The van der Waals surface area contributed by atoms with Crippen molar-refractivity contribution < 1.29 is 39.5 Å². The van der Waals surface area contributed by atoms with Gasteiger partial charge in [0.25, 0.3) is 10.0 Å². The van der Waals surface area contributed by atoms with Crippen molar-refractivity contribution in [3.63, 3.8) is 0 Å². The molecule has 1 aromatic carbocycles. The summed E-state index contributed by atoms with van der Waals surface area (Å²) in [6.07, 6.45) is -8.10. The molecule has 0 spiro atoms. The lowest BCUT2D eigenvalue weighted by Gasteiger charge is -2.11. The van der Waals surface area contributed by atoms with Crippen molar-refractivity contribution in [2.24, 2.45) is 0 Å². The number of rotatable bonds is 6. The Morgan fingerprint density at radius 2 is 1.74 bits per heavy atom. The lowest BCUT2D eigenvalue weighted by atomic mass is 10.2. The Morgan fingerprint density at radius 1 is 1.04 bits per heavy atom. The molecule has 2 aromatic rings. The number of ether oxygens (including phenoxy) is 1. The summed E-state index contributed by atoms with van der Waals surface area (Å²) in [6.45, 7) is -1.84. The molecule has 0 aliphatic heterocycles. The van der Waals surface area contributed by atoms with E-state index in [0.29, 0.717) is 6.07 Å². The van der Waals surface area contributed by atoms with Crippen LogP contribution < -0.4 is 4.72 Å². The second kappa shape index (κ2) is 7.72. The molecule has 0 saturated heterocycles. The van der Waals surface area contributed by atoms with Gasteiger partial charge in [-0.25, -0.2) is 13.4 Å². The summed E-state index contributed by atoms with van der Waals surface area (Å²) in [5.74, 6) is -0.216. The van der Waals surface area contributed by atoms with Crippen LogP contribution in [-0.4, -0.2) is 26.2 Å². The molecule has 12 heteroatoms. The third kappa shape index (κ3) is 6.40. The van der Waals surface area contributed by atoms with Crippen molar-refractivity contribution in [2.45, 2.75) is 23.9 Å². The van der Waals surface area contributed by atoms with Crippen molar-refractivity contribution in [2.75, 3.05) is 11.3 Å². The summed E-state index contributed by atoms with van der Waals surface area (Å²) in [6, 6.07) is 5.56. The maximum atomic E-state index is 12.7. The van der Waals surface area contributed by atoms with Crippen LogP contribution >= 0.6 is 0 Å². The summed E-state index contributed by atoms with van der Waals surface area (Å²) >= 11 is 0. The molecule has 1 aromatic heterocycles. The summed E-state index contributed by atoms with van der Waals surface area (Å²) in [5.41, 5.74) is -0.878. The molecule has 148 valence electrons. The standard InChI is InChI=1S/C15H12F6N2O3S/c16-14(17,18)9-26-8-10-4-5-13(22-7-10)23-27(24,25)12-3-1-2-11(6-12)15(19,20)21/h1-7H,8-9H2,(H,22,23). The van der Waals surface area contributed by atoms with E-state index >= 15 is 0 Å². The lowest BCUT2D eigenvalue weighted by Crippen LogP contribution is -2.17. The van der Waals surface area contributed by atoms with Crippen molar-refractivity contribution in [1.82, 2.24) is 4.98 Å². The van der Waals surface area contributed by atoms with E-state index in [2.05, 4.69) is 9.72 Å². The highest BCUT2D eigenvalue weighted by molar-refractivity contribution is 7.92. The van der Waals surface area contributed by atoms with Gasteiger partial charge in [0.1, 0.15) is 12.4 Å². The van der Waals surface area contributed by atoms with E-state index in [-0.39, 0.29) is 11.4 Å². The first kappa shape index (κ1) is 21.0.